The second kappa shape index (κ2) is 10.3. The van der Waals surface area contributed by atoms with E-state index in [1.807, 2.05) is 79.7 Å². The van der Waals surface area contributed by atoms with Crippen LogP contribution >= 0.6 is 11.8 Å². The number of nitrogens with zero attached hydrogens (tertiary/aromatic N) is 2. The summed E-state index contributed by atoms with van der Waals surface area (Å²) in [6, 6.07) is 22.7. The molecule has 1 N–H and O–H groups in total. The van der Waals surface area contributed by atoms with Crippen LogP contribution in [0.5, 0.6) is 5.75 Å². The molecule has 182 valence electrons. The zero-order chi connectivity index (χ0) is 25.1. The lowest BCUT2D eigenvalue weighted by atomic mass is 10.1. The highest BCUT2D eigenvalue weighted by atomic mass is 32.2. The van der Waals surface area contributed by atoms with Gasteiger partial charge in [-0.1, -0.05) is 61.2 Å². The number of amides is 1. The number of hydrogen-bond acceptors (Lipinski definition) is 6. The van der Waals surface area contributed by atoms with Gasteiger partial charge in [0.15, 0.2) is 5.16 Å². The lowest BCUT2D eigenvalue weighted by molar-refractivity contribution is -0.113. The summed E-state index contributed by atoms with van der Waals surface area (Å²) in [5.74, 6) is 0.630. The van der Waals surface area contributed by atoms with Crippen LogP contribution in [-0.2, 0) is 17.8 Å². The molecule has 0 bridgehead atoms. The Kier molecular flexibility index (Phi) is 6.77. The minimum Gasteiger partial charge on any atom is -0.497 e. The van der Waals surface area contributed by atoms with Gasteiger partial charge in [0.1, 0.15) is 16.8 Å². The molecule has 0 fully saturated rings. The fourth-order valence-electron chi connectivity index (χ4n) is 4.12. The topological polar surface area (TPSA) is 86.4 Å². The number of aromatic nitrogens is 2. The molecule has 0 aliphatic heterocycles. The van der Waals surface area contributed by atoms with Crippen LogP contribution in [0.15, 0.2) is 87.2 Å². The van der Waals surface area contributed by atoms with Gasteiger partial charge in [0, 0.05) is 11.1 Å². The highest BCUT2D eigenvalue weighted by molar-refractivity contribution is 7.99. The molecule has 0 saturated heterocycles. The second-order valence-corrected chi connectivity index (χ2v) is 9.20. The average molecular weight is 500 g/mol. The number of anilines is 1. The zero-order valence-electron chi connectivity index (χ0n) is 20.0. The van der Waals surface area contributed by atoms with Crippen molar-refractivity contribution in [3.8, 4) is 5.75 Å². The minimum atomic E-state index is -0.293. The van der Waals surface area contributed by atoms with Gasteiger partial charge in [-0.05, 0) is 47.9 Å². The van der Waals surface area contributed by atoms with Crippen molar-refractivity contribution in [2.45, 2.75) is 25.0 Å². The number of ether oxygens (including phenoxy) is 1. The maximum absolute atomic E-state index is 13.6. The molecule has 0 saturated carbocycles. The molecule has 8 heteroatoms. The Morgan fingerprint density at radius 1 is 1.08 bits per heavy atom. The van der Waals surface area contributed by atoms with Crippen LogP contribution in [-0.4, -0.2) is 28.3 Å². The Balaban J connectivity index is 1.51. The third-order valence-corrected chi connectivity index (χ3v) is 6.90. The van der Waals surface area contributed by atoms with Gasteiger partial charge in [0.2, 0.25) is 11.5 Å². The van der Waals surface area contributed by atoms with E-state index in [2.05, 4.69) is 5.32 Å². The Bertz CT molecular complexity index is 1620. The number of para-hydroxylation sites is 2. The number of hydrogen-bond donors (Lipinski definition) is 1. The van der Waals surface area contributed by atoms with E-state index in [1.54, 1.807) is 11.7 Å². The maximum Gasteiger partial charge on any atom is 0.298 e. The summed E-state index contributed by atoms with van der Waals surface area (Å²) in [4.78, 5) is 31.2. The molecule has 0 aliphatic rings. The number of carbonyl (C=O) groups excluding carboxylic acids is 1. The summed E-state index contributed by atoms with van der Waals surface area (Å²) in [6.07, 6.45) is 0.815. The molecule has 2 heterocycles. The van der Waals surface area contributed by atoms with Crippen molar-refractivity contribution in [2.75, 3.05) is 18.2 Å². The fraction of sp³-hybridized carbons (Fsp3) is 0.179. The number of methoxy groups -OCH3 is 1. The van der Waals surface area contributed by atoms with Crippen LogP contribution in [0, 0.1) is 0 Å². The molecular formula is C28H25N3O4S. The van der Waals surface area contributed by atoms with Crippen molar-refractivity contribution in [1.29, 1.82) is 0 Å². The van der Waals surface area contributed by atoms with Gasteiger partial charge in [0.25, 0.3) is 5.56 Å². The fourth-order valence-corrected chi connectivity index (χ4v) is 4.91. The van der Waals surface area contributed by atoms with Gasteiger partial charge >= 0.3 is 0 Å². The molecule has 0 unspecified atom stereocenters. The van der Waals surface area contributed by atoms with Crippen molar-refractivity contribution in [2.24, 2.45) is 0 Å². The van der Waals surface area contributed by atoms with Gasteiger partial charge in [-0.2, -0.15) is 0 Å². The monoisotopic (exact) mass is 499 g/mol. The molecule has 7 nitrogen and oxygen atoms in total. The lowest BCUT2D eigenvalue weighted by Gasteiger charge is -2.13. The van der Waals surface area contributed by atoms with Crippen LogP contribution in [0.1, 0.15) is 18.1 Å². The molecule has 0 aliphatic carbocycles. The number of benzene rings is 3. The number of rotatable bonds is 8. The predicted molar refractivity (Wildman–Crippen MR) is 143 cm³/mol. The van der Waals surface area contributed by atoms with E-state index in [1.165, 1.54) is 11.8 Å². The first kappa shape index (κ1) is 23.7. The molecule has 1 amide bonds. The number of carbonyl (C=O) groups is 1. The van der Waals surface area contributed by atoms with Gasteiger partial charge in [-0.3, -0.25) is 14.2 Å². The first-order valence-electron chi connectivity index (χ1n) is 11.6. The molecule has 5 aromatic rings. The summed E-state index contributed by atoms with van der Waals surface area (Å²) >= 11 is 1.22. The van der Waals surface area contributed by atoms with Gasteiger partial charge in [0.05, 0.1) is 19.4 Å². The zero-order valence-corrected chi connectivity index (χ0v) is 20.8. The highest BCUT2D eigenvalue weighted by Gasteiger charge is 2.19. The standard InChI is InChI=1S/C28H25N3O4S/c1-3-19-10-4-6-13-22(19)29-24(32)17-36-28-30-25-21-12-5-7-14-23(21)35-26(25)27(33)31(28)16-18-9-8-11-20(15-18)34-2/h4-15H,3,16-17H2,1-2H3,(H,29,32). The van der Waals surface area contributed by atoms with E-state index in [-0.39, 0.29) is 29.3 Å². The van der Waals surface area contributed by atoms with Crippen LogP contribution in [0.3, 0.4) is 0 Å². The quantitative estimate of drug-likeness (QED) is 0.224. The van der Waals surface area contributed by atoms with Crippen LogP contribution in [0.4, 0.5) is 5.69 Å². The summed E-state index contributed by atoms with van der Waals surface area (Å²) in [6.45, 7) is 2.31. The normalized spacial score (nSPS) is 11.2. The molecule has 36 heavy (non-hydrogen) atoms. The highest BCUT2D eigenvalue weighted by Crippen LogP contribution is 2.28. The maximum atomic E-state index is 13.6. The third kappa shape index (κ3) is 4.72. The Labute approximate surface area is 212 Å². The predicted octanol–water partition coefficient (Wildman–Crippen LogP) is 5.49. The van der Waals surface area contributed by atoms with Crippen molar-refractivity contribution in [1.82, 2.24) is 9.55 Å². The molecule has 0 atom stereocenters. The third-order valence-electron chi connectivity index (χ3n) is 5.93. The molecule has 5 rings (SSSR count). The first-order chi connectivity index (χ1) is 17.6. The van der Waals surface area contributed by atoms with Crippen molar-refractivity contribution >= 4 is 45.4 Å². The molecular weight excluding hydrogens is 474 g/mol. The number of fused-ring (bicyclic) bond motifs is 3. The number of nitrogens with one attached hydrogen (secondary N) is 1. The summed E-state index contributed by atoms with van der Waals surface area (Å²) in [5, 5.41) is 4.19. The summed E-state index contributed by atoms with van der Waals surface area (Å²) in [5.41, 5.74) is 3.73. The van der Waals surface area contributed by atoms with E-state index in [0.29, 0.717) is 22.0 Å². The van der Waals surface area contributed by atoms with Gasteiger partial charge in [-0.25, -0.2) is 4.98 Å². The van der Waals surface area contributed by atoms with E-state index in [4.69, 9.17) is 14.1 Å². The summed E-state index contributed by atoms with van der Waals surface area (Å²) < 4.78 is 12.8. The molecule has 3 aromatic carbocycles. The first-order valence-corrected chi connectivity index (χ1v) is 12.6. The van der Waals surface area contributed by atoms with E-state index >= 15 is 0 Å². The van der Waals surface area contributed by atoms with Crippen LogP contribution in [0.25, 0.3) is 22.1 Å². The van der Waals surface area contributed by atoms with E-state index < -0.39 is 0 Å². The van der Waals surface area contributed by atoms with Crippen molar-refractivity contribution in [3.05, 3.63) is 94.3 Å². The number of thioether (sulfide) groups is 1. The smallest absolute Gasteiger partial charge is 0.298 e. The Hall–Kier alpha value is -4.04. The average Bonchev–Trinajstić information content (AvgIpc) is 3.28. The summed E-state index contributed by atoms with van der Waals surface area (Å²) in [7, 11) is 1.60. The van der Waals surface area contributed by atoms with Crippen LogP contribution in [0.2, 0.25) is 0 Å². The second-order valence-electron chi connectivity index (χ2n) is 8.26. The van der Waals surface area contributed by atoms with E-state index in [0.717, 1.165) is 28.6 Å². The molecule has 0 radical (unpaired) electrons. The number of furan rings is 1. The van der Waals surface area contributed by atoms with Crippen LogP contribution < -0.4 is 15.6 Å². The number of aryl methyl sites for hydroxylation is 1. The van der Waals surface area contributed by atoms with Gasteiger partial charge in [-0.15, -0.1) is 0 Å². The van der Waals surface area contributed by atoms with E-state index in [9.17, 15) is 9.59 Å². The largest absolute Gasteiger partial charge is 0.497 e. The Morgan fingerprint density at radius 3 is 2.72 bits per heavy atom. The van der Waals surface area contributed by atoms with Gasteiger partial charge < -0.3 is 14.5 Å². The minimum absolute atomic E-state index is 0.101. The van der Waals surface area contributed by atoms with Crippen molar-refractivity contribution < 1.29 is 13.9 Å². The van der Waals surface area contributed by atoms with Crippen molar-refractivity contribution in [3.63, 3.8) is 0 Å². The lowest BCUT2D eigenvalue weighted by Crippen LogP contribution is -2.24. The molecule has 2 aromatic heterocycles. The molecule has 0 spiro atoms. The Morgan fingerprint density at radius 2 is 1.89 bits per heavy atom. The SMILES string of the molecule is CCc1ccccc1NC(=O)CSc1nc2c(oc3ccccc32)c(=O)n1Cc1cccc(OC)c1.